The summed E-state index contributed by atoms with van der Waals surface area (Å²) in [6.07, 6.45) is 0. The fourth-order valence-corrected chi connectivity index (χ4v) is 6.54. The summed E-state index contributed by atoms with van der Waals surface area (Å²) in [6, 6.07) is 17.2. The summed E-state index contributed by atoms with van der Waals surface area (Å²) >= 11 is 8.65. The van der Waals surface area contributed by atoms with Crippen molar-refractivity contribution in [1.29, 1.82) is 0 Å². The van der Waals surface area contributed by atoms with E-state index in [1.807, 2.05) is 50.2 Å². The van der Waals surface area contributed by atoms with Gasteiger partial charge in [0.25, 0.3) is 5.78 Å². The van der Waals surface area contributed by atoms with Crippen molar-refractivity contribution in [3.05, 3.63) is 99.1 Å². The molecule has 1 aliphatic rings. The summed E-state index contributed by atoms with van der Waals surface area (Å²) in [6.45, 7) is 3.73. The van der Waals surface area contributed by atoms with E-state index in [1.54, 1.807) is 24.3 Å². The lowest BCUT2D eigenvalue weighted by Crippen LogP contribution is -2.29. The molecule has 0 aliphatic carbocycles. The van der Waals surface area contributed by atoms with Gasteiger partial charge in [-0.1, -0.05) is 70.6 Å². The molecule has 5 rings (SSSR count). The molecule has 210 valence electrons. The Bertz CT molecular complexity index is 1670. The van der Waals surface area contributed by atoms with Crippen molar-refractivity contribution >= 4 is 57.3 Å². The molecule has 2 heterocycles. The number of nitrogens with zero attached hydrogens (tertiary/aromatic N) is 3. The summed E-state index contributed by atoms with van der Waals surface area (Å²) in [5.41, 5.74) is 3.70. The van der Waals surface area contributed by atoms with E-state index in [9.17, 15) is 14.7 Å². The van der Waals surface area contributed by atoms with E-state index in [4.69, 9.17) is 21.1 Å². The van der Waals surface area contributed by atoms with Crippen LogP contribution in [0.4, 0.5) is 5.13 Å². The second-order valence-electron chi connectivity index (χ2n) is 9.37. The van der Waals surface area contributed by atoms with Crippen LogP contribution in [-0.2, 0) is 15.3 Å². The summed E-state index contributed by atoms with van der Waals surface area (Å²) in [5, 5.41) is 21.0. The van der Waals surface area contributed by atoms with Gasteiger partial charge in [0.1, 0.15) is 5.76 Å². The first-order valence-electron chi connectivity index (χ1n) is 12.5. The highest BCUT2D eigenvalue weighted by atomic mass is 35.5. The summed E-state index contributed by atoms with van der Waals surface area (Å²) < 4.78 is 11.5. The normalized spacial score (nSPS) is 16.3. The SMILES string of the molecule is COc1ccc(C2/C(=C(\O)c3cc(C)ccc3C)C(=O)C(=O)N2c2nnc(SCc3ccc(Cl)cc3)s2)cc1OC. The molecule has 1 amide bonds. The van der Waals surface area contributed by atoms with Crippen LogP contribution in [0.25, 0.3) is 5.76 Å². The molecule has 0 radical (unpaired) electrons. The van der Waals surface area contributed by atoms with Crippen LogP contribution < -0.4 is 14.4 Å². The van der Waals surface area contributed by atoms with E-state index in [2.05, 4.69) is 10.2 Å². The van der Waals surface area contributed by atoms with Crippen LogP contribution in [0.1, 0.15) is 33.9 Å². The Hall–Kier alpha value is -3.86. The Morgan fingerprint density at radius 3 is 2.44 bits per heavy atom. The molecule has 0 saturated carbocycles. The van der Waals surface area contributed by atoms with Gasteiger partial charge in [0, 0.05) is 16.3 Å². The van der Waals surface area contributed by atoms with Crippen LogP contribution in [0.2, 0.25) is 5.02 Å². The quantitative estimate of drug-likeness (QED) is 0.0772. The fourth-order valence-electron chi connectivity index (χ4n) is 4.59. The molecule has 1 aliphatic heterocycles. The van der Waals surface area contributed by atoms with Gasteiger partial charge in [-0.3, -0.25) is 14.5 Å². The molecule has 1 fully saturated rings. The molecule has 1 aromatic heterocycles. The third kappa shape index (κ3) is 5.68. The zero-order chi connectivity index (χ0) is 29.3. The van der Waals surface area contributed by atoms with Crippen molar-refractivity contribution in [3.8, 4) is 11.5 Å². The number of carbonyl (C=O) groups excluding carboxylic acids is 2. The van der Waals surface area contributed by atoms with Crippen molar-refractivity contribution in [1.82, 2.24) is 10.2 Å². The number of Topliss-reactive ketones (excluding diaryl/α,β-unsaturated/α-hetero) is 1. The Morgan fingerprint density at radius 1 is 1.00 bits per heavy atom. The highest BCUT2D eigenvalue weighted by molar-refractivity contribution is 8.00. The second-order valence-corrected chi connectivity index (χ2v) is 12.0. The van der Waals surface area contributed by atoms with Crippen LogP contribution in [0.5, 0.6) is 11.5 Å². The number of thioether (sulfide) groups is 1. The number of carbonyl (C=O) groups is 2. The van der Waals surface area contributed by atoms with Gasteiger partial charge in [0.2, 0.25) is 5.13 Å². The molecule has 8 nitrogen and oxygen atoms in total. The predicted octanol–water partition coefficient (Wildman–Crippen LogP) is 6.74. The fraction of sp³-hybridized carbons (Fsp3) is 0.200. The number of methoxy groups -OCH3 is 2. The summed E-state index contributed by atoms with van der Waals surface area (Å²) in [7, 11) is 3.03. The molecule has 3 aromatic carbocycles. The number of anilines is 1. The minimum atomic E-state index is -0.975. The Labute approximate surface area is 250 Å². The number of aromatic nitrogens is 2. The topological polar surface area (TPSA) is 102 Å². The summed E-state index contributed by atoms with van der Waals surface area (Å²) in [4.78, 5) is 28.5. The molecule has 1 saturated heterocycles. The molecular weight excluding hydrogens is 582 g/mol. The minimum Gasteiger partial charge on any atom is -0.507 e. The number of halogens is 1. The molecule has 1 unspecified atom stereocenters. The molecule has 11 heteroatoms. The highest BCUT2D eigenvalue weighted by Gasteiger charge is 2.48. The van der Waals surface area contributed by atoms with Crippen molar-refractivity contribution < 1.29 is 24.2 Å². The third-order valence-electron chi connectivity index (χ3n) is 6.69. The average molecular weight is 608 g/mol. The van der Waals surface area contributed by atoms with Crippen molar-refractivity contribution in [3.63, 3.8) is 0 Å². The van der Waals surface area contributed by atoms with E-state index in [0.717, 1.165) is 16.7 Å². The number of ether oxygens (including phenoxy) is 2. The third-order valence-corrected chi connectivity index (χ3v) is 9.07. The van der Waals surface area contributed by atoms with Gasteiger partial charge in [0.15, 0.2) is 15.8 Å². The average Bonchev–Trinajstić information content (AvgIpc) is 3.55. The van der Waals surface area contributed by atoms with Crippen LogP contribution in [0.3, 0.4) is 0 Å². The maximum atomic E-state index is 13.6. The maximum Gasteiger partial charge on any atom is 0.301 e. The number of aliphatic hydroxyl groups excluding tert-OH is 1. The smallest absolute Gasteiger partial charge is 0.301 e. The number of benzene rings is 3. The van der Waals surface area contributed by atoms with Gasteiger partial charge in [-0.2, -0.15) is 0 Å². The first-order chi connectivity index (χ1) is 19.7. The Morgan fingerprint density at radius 2 is 1.73 bits per heavy atom. The number of hydrogen-bond acceptors (Lipinski definition) is 9. The molecule has 0 spiro atoms. The van der Waals surface area contributed by atoms with Gasteiger partial charge in [-0.25, -0.2) is 0 Å². The van der Waals surface area contributed by atoms with Gasteiger partial charge < -0.3 is 14.6 Å². The van der Waals surface area contributed by atoms with E-state index >= 15 is 0 Å². The predicted molar refractivity (Wildman–Crippen MR) is 161 cm³/mol. The lowest BCUT2D eigenvalue weighted by atomic mass is 9.93. The van der Waals surface area contributed by atoms with Gasteiger partial charge >= 0.3 is 5.91 Å². The van der Waals surface area contributed by atoms with Gasteiger partial charge in [0.05, 0.1) is 25.8 Å². The Kier molecular flexibility index (Phi) is 8.35. The number of amides is 1. The molecule has 0 bridgehead atoms. The highest BCUT2D eigenvalue weighted by Crippen LogP contribution is 2.46. The molecular formula is C30H26ClN3O5S2. The van der Waals surface area contributed by atoms with Crippen LogP contribution in [0.15, 0.2) is 70.6 Å². The van der Waals surface area contributed by atoms with Crippen LogP contribution >= 0.6 is 34.7 Å². The lowest BCUT2D eigenvalue weighted by molar-refractivity contribution is -0.132. The lowest BCUT2D eigenvalue weighted by Gasteiger charge is -2.23. The molecule has 1 N–H and O–H groups in total. The van der Waals surface area contributed by atoms with Crippen LogP contribution in [0, 0.1) is 13.8 Å². The van der Waals surface area contributed by atoms with E-state index in [1.165, 1.54) is 42.2 Å². The summed E-state index contributed by atoms with van der Waals surface area (Å²) in [5.74, 6) is -0.348. The number of aryl methyl sites for hydroxylation is 2. The van der Waals surface area contributed by atoms with Crippen LogP contribution in [-0.4, -0.2) is 41.2 Å². The van der Waals surface area contributed by atoms with E-state index in [-0.39, 0.29) is 16.5 Å². The second kappa shape index (κ2) is 11.9. The van der Waals surface area contributed by atoms with Gasteiger partial charge in [-0.15, -0.1) is 10.2 Å². The minimum absolute atomic E-state index is 0.0403. The van der Waals surface area contributed by atoms with E-state index in [0.29, 0.717) is 37.7 Å². The molecule has 41 heavy (non-hydrogen) atoms. The molecule has 1 atom stereocenters. The number of rotatable bonds is 8. The van der Waals surface area contributed by atoms with Crippen molar-refractivity contribution in [2.45, 2.75) is 30.0 Å². The van der Waals surface area contributed by atoms with Gasteiger partial charge in [-0.05, 0) is 60.9 Å². The standard InChI is InChI=1S/C30H26ClN3O5S2/c1-16-5-6-17(2)21(13-16)26(35)24-25(19-9-12-22(38-3)23(14-19)39-4)34(28(37)27(24)36)29-32-33-30(41-29)40-15-18-7-10-20(31)11-8-18/h5-14,25,35H,15H2,1-4H3/b26-24+. The first-order valence-corrected chi connectivity index (χ1v) is 14.7. The first kappa shape index (κ1) is 28.7. The number of hydrogen-bond donors (Lipinski definition) is 1. The number of aliphatic hydroxyl groups is 1. The molecule has 4 aromatic rings. The monoisotopic (exact) mass is 607 g/mol. The zero-order valence-electron chi connectivity index (χ0n) is 22.7. The number of ketones is 1. The zero-order valence-corrected chi connectivity index (χ0v) is 25.1. The van der Waals surface area contributed by atoms with E-state index < -0.39 is 17.7 Å². The van der Waals surface area contributed by atoms with Crippen molar-refractivity contribution in [2.24, 2.45) is 0 Å². The van der Waals surface area contributed by atoms with Crippen molar-refractivity contribution in [2.75, 3.05) is 19.1 Å². The largest absolute Gasteiger partial charge is 0.507 e. The Balaban J connectivity index is 1.60. The maximum absolute atomic E-state index is 13.6.